The molecule has 2 heterocycles. The summed E-state index contributed by atoms with van der Waals surface area (Å²) < 4.78 is 23.0. The number of hydrogen-bond acceptors (Lipinski definition) is 7. The molecule has 0 atom stereocenters. The molecule has 0 aliphatic carbocycles. The molecule has 1 N–H and O–H groups in total. The maximum Gasteiger partial charge on any atom is 0.348 e. The number of carbonyl (C=O) groups excluding carboxylic acids is 2. The number of rotatable bonds is 7. The standard InChI is InChI=1S/C18H15FN2O4S2/c1-24-18(23)14-6-7-16(27-14)21-15(22)8-12-10-26-17(20-12)9-25-13-4-2-11(19)3-5-13/h2-7,10H,8-9H2,1H3,(H,21,22). The zero-order chi connectivity index (χ0) is 19.2. The van der Waals surface area contributed by atoms with Crippen molar-refractivity contribution in [2.24, 2.45) is 0 Å². The number of nitrogens with zero attached hydrogens (tertiary/aromatic N) is 1. The average Bonchev–Trinajstić information content (AvgIpc) is 3.30. The second kappa shape index (κ2) is 8.74. The van der Waals surface area contributed by atoms with Gasteiger partial charge in [0.1, 0.15) is 28.1 Å². The third-order valence-electron chi connectivity index (χ3n) is 3.37. The Morgan fingerprint density at radius 2 is 1.96 bits per heavy atom. The van der Waals surface area contributed by atoms with Crippen LogP contribution in [0, 0.1) is 5.82 Å². The highest BCUT2D eigenvalue weighted by atomic mass is 32.1. The molecule has 0 fully saturated rings. The molecule has 3 rings (SSSR count). The molecule has 0 aliphatic rings. The molecule has 9 heteroatoms. The van der Waals surface area contributed by atoms with Gasteiger partial charge in [-0.25, -0.2) is 14.2 Å². The summed E-state index contributed by atoms with van der Waals surface area (Å²) in [6.45, 7) is 0.241. The lowest BCUT2D eigenvalue weighted by Gasteiger charge is -2.03. The fourth-order valence-electron chi connectivity index (χ4n) is 2.13. The van der Waals surface area contributed by atoms with Crippen LogP contribution in [0.5, 0.6) is 5.75 Å². The molecule has 3 aromatic rings. The van der Waals surface area contributed by atoms with Crippen molar-refractivity contribution < 1.29 is 23.5 Å². The predicted molar refractivity (Wildman–Crippen MR) is 101 cm³/mol. The van der Waals surface area contributed by atoms with Gasteiger partial charge < -0.3 is 14.8 Å². The molecule has 1 aromatic carbocycles. The van der Waals surface area contributed by atoms with Crippen LogP contribution in [0.3, 0.4) is 0 Å². The first-order valence-electron chi connectivity index (χ1n) is 7.83. The van der Waals surface area contributed by atoms with Gasteiger partial charge in [-0.2, -0.15) is 0 Å². The fraction of sp³-hybridized carbons (Fsp3) is 0.167. The lowest BCUT2D eigenvalue weighted by molar-refractivity contribution is -0.115. The van der Waals surface area contributed by atoms with Crippen LogP contribution in [-0.4, -0.2) is 24.0 Å². The van der Waals surface area contributed by atoms with E-state index in [1.165, 1.54) is 30.6 Å². The largest absolute Gasteiger partial charge is 0.486 e. The monoisotopic (exact) mass is 406 g/mol. The molecular formula is C18H15FN2O4S2. The smallest absolute Gasteiger partial charge is 0.348 e. The fourth-order valence-corrected chi connectivity index (χ4v) is 3.68. The van der Waals surface area contributed by atoms with Crippen molar-refractivity contribution in [1.82, 2.24) is 4.98 Å². The summed E-state index contributed by atoms with van der Waals surface area (Å²) >= 11 is 2.53. The molecule has 6 nitrogen and oxygen atoms in total. The highest BCUT2D eigenvalue weighted by molar-refractivity contribution is 7.18. The van der Waals surface area contributed by atoms with E-state index >= 15 is 0 Å². The Labute approximate surface area is 162 Å². The van der Waals surface area contributed by atoms with Crippen molar-refractivity contribution in [3.63, 3.8) is 0 Å². The molecule has 0 aliphatic heterocycles. The van der Waals surface area contributed by atoms with Crippen molar-refractivity contribution in [1.29, 1.82) is 0 Å². The van der Waals surface area contributed by atoms with Gasteiger partial charge in [-0.05, 0) is 36.4 Å². The predicted octanol–water partition coefficient (Wildman–Crippen LogP) is 3.89. The van der Waals surface area contributed by atoms with E-state index in [9.17, 15) is 14.0 Å². The lowest BCUT2D eigenvalue weighted by atomic mass is 10.3. The summed E-state index contributed by atoms with van der Waals surface area (Å²) in [6.07, 6.45) is 0.110. The normalized spacial score (nSPS) is 10.4. The van der Waals surface area contributed by atoms with E-state index in [0.717, 1.165) is 11.3 Å². The first kappa shape index (κ1) is 19.0. The van der Waals surface area contributed by atoms with E-state index in [1.54, 1.807) is 29.6 Å². The van der Waals surface area contributed by atoms with Crippen LogP contribution in [0.1, 0.15) is 20.4 Å². The molecule has 0 spiro atoms. The SMILES string of the molecule is COC(=O)c1ccc(NC(=O)Cc2csc(COc3ccc(F)cc3)n2)s1. The molecule has 1 amide bonds. The molecule has 0 bridgehead atoms. The maximum absolute atomic E-state index is 12.9. The van der Waals surface area contributed by atoms with Crippen molar-refractivity contribution in [2.75, 3.05) is 12.4 Å². The zero-order valence-corrected chi connectivity index (χ0v) is 15.9. The maximum atomic E-state index is 12.9. The lowest BCUT2D eigenvalue weighted by Crippen LogP contribution is -2.13. The number of nitrogens with one attached hydrogen (secondary N) is 1. The quantitative estimate of drug-likeness (QED) is 0.603. The number of thiazole rings is 1. The van der Waals surface area contributed by atoms with Crippen LogP contribution in [0.25, 0.3) is 0 Å². The van der Waals surface area contributed by atoms with Crippen molar-refractivity contribution in [2.45, 2.75) is 13.0 Å². The van der Waals surface area contributed by atoms with E-state index in [4.69, 9.17) is 4.74 Å². The second-order valence-corrected chi connectivity index (χ2v) is 7.38. The molecule has 0 unspecified atom stereocenters. The minimum atomic E-state index is -0.439. The minimum absolute atomic E-state index is 0.110. The van der Waals surface area contributed by atoms with Gasteiger partial charge in [-0.15, -0.1) is 22.7 Å². The second-order valence-electron chi connectivity index (χ2n) is 5.36. The Balaban J connectivity index is 1.50. The number of methoxy groups -OCH3 is 1. The van der Waals surface area contributed by atoms with Crippen molar-refractivity contribution >= 4 is 39.6 Å². The van der Waals surface area contributed by atoms with Crippen molar-refractivity contribution in [3.8, 4) is 5.75 Å². The summed E-state index contributed by atoms with van der Waals surface area (Å²) in [6, 6.07) is 8.98. The number of anilines is 1. The summed E-state index contributed by atoms with van der Waals surface area (Å²) in [7, 11) is 1.31. The van der Waals surface area contributed by atoms with Gasteiger partial charge in [0, 0.05) is 5.38 Å². The van der Waals surface area contributed by atoms with E-state index in [1.807, 2.05) is 0 Å². The number of carbonyl (C=O) groups is 2. The van der Waals surface area contributed by atoms with Crippen LogP contribution in [0.2, 0.25) is 0 Å². The first-order valence-corrected chi connectivity index (χ1v) is 9.53. The number of aromatic nitrogens is 1. The van der Waals surface area contributed by atoms with Crippen molar-refractivity contribution in [3.05, 3.63) is 63.2 Å². The molecule has 0 radical (unpaired) electrons. The number of halogens is 1. The third-order valence-corrected chi connectivity index (χ3v) is 5.22. The topological polar surface area (TPSA) is 77.5 Å². The third kappa shape index (κ3) is 5.35. The Morgan fingerprint density at radius 1 is 1.19 bits per heavy atom. The number of thiophene rings is 1. The van der Waals surface area contributed by atoms with Gasteiger partial charge in [0.2, 0.25) is 5.91 Å². The highest BCUT2D eigenvalue weighted by Gasteiger charge is 2.12. The summed E-state index contributed by atoms with van der Waals surface area (Å²) in [5, 5.41) is 5.80. The molecule has 140 valence electrons. The van der Waals surface area contributed by atoms with Gasteiger partial charge in [-0.3, -0.25) is 4.79 Å². The van der Waals surface area contributed by atoms with E-state index in [0.29, 0.717) is 26.3 Å². The molecule has 0 saturated carbocycles. The molecule has 27 heavy (non-hydrogen) atoms. The van der Waals surface area contributed by atoms with E-state index in [2.05, 4.69) is 15.0 Å². The molecular weight excluding hydrogens is 391 g/mol. The van der Waals surface area contributed by atoms with Gasteiger partial charge in [-0.1, -0.05) is 0 Å². The summed E-state index contributed by atoms with van der Waals surface area (Å²) in [5.74, 6) is -0.449. The van der Waals surface area contributed by atoms with Crippen LogP contribution < -0.4 is 10.1 Å². The van der Waals surface area contributed by atoms with Gasteiger partial charge in [0.15, 0.2) is 0 Å². The van der Waals surface area contributed by atoms with Gasteiger partial charge in [0.25, 0.3) is 0 Å². The highest BCUT2D eigenvalue weighted by Crippen LogP contribution is 2.23. The summed E-state index contributed by atoms with van der Waals surface area (Å²) in [5.41, 5.74) is 0.625. The van der Waals surface area contributed by atoms with Gasteiger partial charge >= 0.3 is 5.97 Å². The van der Waals surface area contributed by atoms with Crippen LogP contribution >= 0.6 is 22.7 Å². The average molecular weight is 406 g/mol. The van der Waals surface area contributed by atoms with Crippen LogP contribution in [0.15, 0.2) is 41.8 Å². The Kier molecular flexibility index (Phi) is 6.15. The Hall–Kier alpha value is -2.78. The van der Waals surface area contributed by atoms with Crippen LogP contribution in [-0.2, 0) is 22.6 Å². The number of ether oxygens (including phenoxy) is 2. The minimum Gasteiger partial charge on any atom is -0.486 e. The number of hydrogen-bond donors (Lipinski definition) is 1. The van der Waals surface area contributed by atoms with E-state index in [-0.39, 0.29) is 24.8 Å². The molecule has 2 aromatic heterocycles. The van der Waals surface area contributed by atoms with Crippen LogP contribution in [0.4, 0.5) is 9.39 Å². The number of amides is 1. The Morgan fingerprint density at radius 3 is 2.70 bits per heavy atom. The zero-order valence-electron chi connectivity index (χ0n) is 14.2. The molecule has 0 saturated heterocycles. The number of benzene rings is 1. The first-order chi connectivity index (χ1) is 13.0. The Bertz CT molecular complexity index is 937. The summed E-state index contributed by atoms with van der Waals surface area (Å²) in [4.78, 5) is 28.3. The van der Waals surface area contributed by atoms with E-state index < -0.39 is 5.97 Å². The van der Waals surface area contributed by atoms with Gasteiger partial charge in [0.05, 0.1) is 24.2 Å². The number of esters is 1.